The zero-order valence-corrected chi connectivity index (χ0v) is 37.9. The van der Waals surface area contributed by atoms with Crippen LogP contribution in [0.4, 0.5) is 0 Å². The molecule has 0 spiro atoms. The van der Waals surface area contributed by atoms with Crippen LogP contribution in [-0.4, -0.2) is 83.3 Å². The number of hydrogen-bond donors (Lipinski definition) is 0. The third kappa shape index (κ3) is 10.2. The molecule has 0 unspecified atom stereocenters. The van der Waals surface area contributed by atoms with Crippen LogP contribution in [-0.2, 0) is 50.8 Å². The fourth-order valence-electron chi connectivity index (χ4n) is 9.90. The van der Waals surface area contributed by atoms with Gasteiger partial charge in [-0.15, -0.1) is 0 Å². The second-order valence-corrected chi connectivity index (χ2v) is 23.0. The van der Waals surface area contributed by atoms with Gasteiger partial charge in [0.25, 0.3) is 8.32 Å². The molecule has 3 saturated heterocycles. The van der Waals surface area contributed by atoms with Crippen molar-refractivity contribution in [3.8, 4) is 0 Å². The number of benzene rings is 4. The molecule has 3 aliphatic rings. The topological polar surface area (TPSA) is 73.8 Å². The Balaban J connectivity index is 1.07. The number of fused-ring (bicyclic) bond motifs is 2. The van der Waals surface area contributed by atoms with Crippen LogP contribution in [0.15, 0.2) is 121 Å². The van der Waals surface area contributed by atoms with Gasteiger partial charge in [-0.25, -0.2) is 0 Å². The van der Waals surface area contributed by atoms with Gasteiger partial charge in [0.2, 0.25) is 0 Å². The molecule has 0 bridgehead atoms. The minimum Gasteiger partial charge on any atom is -0.407 e. The van der Waals surface area contributed by atoms with Crippen LogP contribution in [0.2, 0.25) is 5.04 Å². The lowest BCUT2D eigenvalue weighted by Crippen LogP contribution is -2.66. The molecular weight excluding hydrogens is 769 g/mol. The van der Waals surface area contributed by atoms with E-state index in [0.29, 0.717) is 39.3 Å². The van der Waals surface area contributed by atoms with Gasteiger partial charge in [0.1, 0.15) is 18.5 Å². The molecule has 4 aromatic rings. The molecule has 4 aromatic carbocycles. The molecule has 0 aromatic heterocycles. The Bertz CT molecular complexity index is 1840. The minimum absolute atomic E-state index is 0.0420. The van der Waals surface area contributed by atoms with Gasteiger partial charge in [0.05, 0.1) is 55.9 Å². The molecule has 8 nitrogen and oxygen atoms in total. The Morgan fingerprint density at radius 3 is 1.90 bits per heavy atom. The summed E-state index contributed by atoms with van der Waals surface area (Å²) in [6.45, 7) is 15.7. The molecule has 0 N–H and O–H groups in total. The highest BCUT2D eigenvalue weighted by Gasteiger charge is 2.58. The molecule has 3 heterocycles. The third-order valence-electron chi connectivity index (χ3n) is 13.1. The second-order valence-electron chi connectivity index (χ2n) is 18.7. The Kier molecular flexibility index (Phi) is 14.8. The highest BCUT2D eigenvalue weighted by atomic mass is 28.4. The van der Waals surface area contributed by atoms with E-state index in [1.165, 1.54) is 10.4 Å². The number of ether oxygens (including phenoxy) is 7. The molecule has 9 heteroatoms. The van der Waals surface area contributed by atoms with Gasteiger partial charge in [0, 0.05) is 26.6 Å². The van der Waals surface area contributed by atoms with Crippen molar-refractivity contribution in [1.82, 2.24) is 0 Å². The van der Waals surface area contributed by atoms with Crippen molar-refractivity contribution >= 4 is 18.7 Å². The van der Waals surface area contributed by atoms with Crippen LogP contribution in [0, 0.1) is 5.92 Å². The predicted molar refractivity (Wildman–Crippen MR) is 239 cm³/mol. The zero-order valence-electron chi connectivity index (χ0n) is 36.9. The van der Waals surface area contributed by atoms with Gasteiger partial charge in [-0.05, 0) is 65.6 Å². The molecule has 0 radical (unpaired) electrons. The van der Waals surface area contributed by atoms with E-state index in [1.807, 2.05) is 36.4 Å². The lowest BCUT2D eigenvalue weighted by molar-refractivity contribution is -0.286. The van der Waals surface area contributed by atoms with Crippen LogP contribution < -0.4 is 10.4 Å². The van der Waals surface area contributed by atoms with Crippen LogP contribution >= 0.6 is 0 Å². The average molecular weight is 837 g/mol. The average Bonchev–Trinajstić information content (AvgIpc) is 3.35. The first-order valence-corrected chi connectivity index (χ1v) is 24.0. The molecule has 7 rings (SSSR count). The zero-order chi connectivity index (χ0) is 42.2. The van der Waals surface area contributed by atoms with Crippen molar-refractivity contribution in [2.75, 3.05) is 27.1 Å². The maximum atomic E-state index is 7.29. The molecule has 9 atom stereocenters. The molecule has 3 fully saturated rings. The monoisotopic (exact) mass is 836 g/mol. The van der Waals surface area contributed by atoms with Crippen molar-refractivity contribution in [1.29, 1.82) is 0 Å². The number of hydrogen-bond acceptors (Lipinski definition) is 8. The van der Waals surface area contributed by atoms with Crippen molar-refractivity contribution in [2.24, 2.45) is 5.92 Å². The summed E-state index contributed by atoms with van der Waals surface area (Å²) < 4.78 is 54.1. The first kappa shape index (κ1) is 44.8. The highest BCUT2D eigenvalue weighted by molar-refractivity contribution is 6.99. The minimum atomic E-state index is -2.63. The van der Waals surface area contributed by atoms with E-state index < -0.39 is 19.5 Å². The Morgan fingerprint density at radius 1 is 0.733 bits per heavy atom. The fourth-order valence-corrected chi connectivity index (χ4v) is 14.5. The molecule has 0 aliphatic carbocycles. The summed E-state index contributed by atoms with van der Waals surface area (Å²) in [5, 5.41) is 2.53. The SMILES string of the molecule is COCO[C@H]1C[C@@]2(C)O[C@@H](CCCO[Si](c3ccccc3)(c3ccccc3)C(C)(C)C)[C@@H](C)C[C@@H]2O[C@@H]2C[C@H](OCc3ccccc3)[C@@](C)(COCc3ccccc3)O[C@@H]12. The van der Waals surface area contributed by atoms with Gasteiger partial charge in [-0.2, -0.15) is 0 Å². The summed E-state index contributed by atoms with van der Waals surface area (Å²) in [4.78, 5) is 0. The summed E-state index contributed by atoms with van der Waals surface area (Å²) in [7, 11) is -0.972. The predicted octanol–water partition coefficient (Wildman–Crippen LogP) is 9.02. The van der Waals surface area contributed by atoms with E-state index >= 15 is 0 Å². The molecule has 0 saturated carbocycles. The first-order chi connectivity index (χ1) is 28.9. The van der Waals surface area contributed by atoms with E-state index in [1.54, 1.807) is 7.11 Å². The van der Waals surface area contributed by atoms with Gasteiger partial charge in [0.15, 0.2) is 0 Å². The summed E-state index contributed by atoms with van der Waals surface area (Å²) in [6, 6.07) is 42.3. The van der Waals surface area contributed by atoms with Crippen LogP contribution in [0.3, 0.4) is 0 Å². The smallest absolute Gasteiger partial charge is 0.261 e. The number of rotatable bonds is 17. The largest absolute Gasteiger partial charge is 0.407 e. The van der Waals surface area contributed by atoms with Crippen molar-refractivity contribution < 1.29 is 37.6 Å². The standard InChI is InChI=1S/C51H68O8Si/c1-38-31-47-50(5,58-43(38)29-20-30-56-60(49(2,3)4,41-25-16-10-17-26-41)42-27-18-11-19-28-42)33-45(55-37-52-7)48-44(57-47)32-46(54-35-40-23-14-9-15-24-40)51(6,59-48)36-53-34-39-21-12-8-13-22-39/h8-19,21-28,38,43-48H,20,29-37H2,1-7H3/t38-,43-,44+,45-,46-,47-,48+,50+,51+/m0/s1. The van der Waals surface area contributed by atoms with Crippen molar-refractivity contribution in [2.45, 2.75) is 140 Å². The van der Waals surface area contributed by atoms with E-state index in [-0.39, 0.29) is 54.4 Å². The molecular formula is C51H68O8Si. The first-order valence-electron chi connectivity index (χ1n) is 22.1. The van der Waals surface area contributed by atoms with Crippen LogP contribution in [0.25, 0.3) is 0 Å². The lowest BCUT2D eigenvalue weighted by atomic mass is 9.79. The van der Waals surface area contributed by atoms with Gasteiger partial charge < -0.3 is 37.6 Å². The molecule has 60 heavy (non-hydrogen) atoms. The fraction of sp³-hybridized carbons (Fsp3) is 0.529. The number of methoxy groups -OCH3 is 1. The van der Waals surface area contributed by atoms with E-state index in [2.05, 4.69) is 126 Å². The Labute approximate surface area is 360 Å². The Hall–Kier alpha value is -3.22. The van der Waals surface area contributed by atoms with Gasteiger partial charge in [-0.3, -0.25) is 0 Å². The lowest BCUT2D eigenvalue weighted by Gasteiger charge is -2.49. The van der Waals surface area contributed by atoms with Crippen LogP contribution in [0.5, 0.6) is 0 Å². The molecule has 0 amide bonds. The van der Waals surface area contributed by atoms with Gasteiger partial charge in [-0.1, -0.05) is 149 Å². The van der Waals surface area contributed by atoms with Crippen molar-refractivity contribution in [3.63, 3.8) is 0 Å². The maximum Gasteiger partial charge on any atom is 0.261 e. The third-order valence-corrected chi connectivity index (χ3v) is 18.1. The van der Waals surface area contributed by atoms with Crippen LogP contribution in [0.1, 0.15) is 84.8 Å². The summed E-state index contributed by atoms with van der Waals surface area (Å²) >= 11 is 0. The van der Waals surface area contributed by atoms with E-state index in [0.717, 1.165) is 30.4 Å². The second kappa shape index (κ2) is 19.9. The van der Waals surface area contributed by atoms with Crippen molar-refractivity contribution in [3.05, 3.63) is 132 Å². The quantitative estimate of drug-likeness (QED) is 0.0593. The maximum absolute atomic E-state index is 7.29. The summed E-state index contributed by atoms with van der Waals surface area (Å²) in [6.07, 6.45) is 2.55. The Morgan fingerprint density at radius 2 is 1.32 bits per heavy atom. The summed E-state index contributed by atoms with van der Waals surface area (Å²) in [5.41, 5.74) is 0.861. The molecule has 3 aliphatic heterocycles. The molecule has 324 valence electrons. The van der Waals surface area contributed by atoms with E-state index in [9.17, 15) is 0 Å². The van der Waals surface area contributed by atoms with E-state index in [4.69, 9.17) is 37.6 Å². The van der Waals surface area contributed by atoms with Gasteiger partial charge >= 0.3 is 0 Å². The highest BCUT2D eigenvalue weighted by Crippen LogP contribution is 2.47. The normalized spacial score (nSPS) is 29.6. The summed E-state index contributed by atoms with van der Waals surface area (Å²) in [5.74, 6) is 0.289.